The van der Waals surface area contributed by atoms with E-state index in [0.29, 0.717) is 0 Å². The fourth-order valence-corrected chi connectivity index (χ4v) is 2.98. The standard InChI is InChI=1S/C16H31N3/c1-4-6-14-19(5-2)16(18-17-3)13-12-15-10-8-7-9-11-15/h15H,3-14H2,1-2H3/b18-16-. The van der Waals surface area contributed by atoms with E-state index < -0.39 is 0 Å². The maximum atomic E-state index is 4.29. The maximum absolute atomic E-state index is 4.29. The molecule has 0 saturated heterocycles. The molecule has 1 saturated carbocycles. The van der Waals surface area contributed by atoms with Crippen LogP contribution in [0, 0.1) is 5.92 Å². The van der Waals surface area contributed by atoms with Crippen molar-refractivity contribution >= 4 is 12.6 Å². The SMILES string of the molecule is C=N/N=C(/CCC1CCCCC1)N(CC)CCCC. The second-order valence-corrected chi connectivity index (χ2v) is 5.63. The molecule has 1 aliphatic rings. The van der Waals surface area contributed by atoms with Crippen LogP contribution in [0.5, 0.6) is 0 Å². The van der Waals surface area contributed by atoms with E-state index in [9.17, 15) is 0 Å². The molecule has 0 spiro atoms. The molecular formula is C16H31N3. The van der Waals surface area contributed by atoms with E-state index in [2.05, 4.69) is 35.7 Å². The van der Waals surface area contributed by atoms with Gasteiger partial charge in [-0.3, -0.25) is 0 Å². The van der Waals surface area contributed by atoms with Crippen LogP contribution < -0.4 is 0 Å². The summed E-state index contributed by atoms with van der Waals surface area (Å²) in [7, 11) is 0. The van der Waals surface area contributed by atoms with Crippen molar-refractivity contribution in [2.24, 2.45) is 16.1 Å². The van der Waals surface area contributed by atoms with Crippen molar-refractivity contribution in [1.82, 2.24) is 4.90 Å². The molecule has 1 rings (SSSR count). The second-order valence-electron chi connectivity index (χ2n) is 5.63. The van der Waals surface area contributed by atoms with Crippen LogP contribution in [0.2, 0.25) is 0 Å². The lowest BCUT2D eigenvalue weighted by atomic mass is 9.86. The molecule has 0 aromatic heterocycles. The summed E-state index contributed by atoms with van der Waals surface area (Å²) in [6.45, 7) is 10.1. The van der Waals surface area contributed by atoms with Crippen molar-refractivity contribution in [2.45, 2.75) is 71.6 Å². The number of amidine groups is 1. The van der Waals surface area contributed by atoms with Crippen molar-refractivity contribution in [3.05, 3.63) is 0 Å². The normalized spacial score (nSPS) is 17.5. The first-order valence-corrected chi connectivity index (χ1v) is 8.09. The van der Waals surface area contributed by atoms with E-state index in [4.69, 9.17) is 0 Å². The van der Waals surface area contributed by atoms with Gasteiger partial charge in [0, 0.05) is 26.2 Å². The summed E-state index contributed by atoms with van der Waals surface area (Å²) >= 11 is 0. The van der Waals surface area contributed by atoms with E-state index >= 15 is 0 Å². The molecule has 0 N–H and O–H groups in total. The summed E-state index contributed by atoms with van der Waals surface area (Å²) in [6, 6.07) is 0. The number of hydrogen-bond donors (Lipinski definition) is 0. The van der Waals surface area contributed by atoms with Crippen molar-refractivity contribution in [2.75, 3.05) is 13.1 Å². The summed E-state index contributed by atoms with van der Waals surface area (Å²) in [4.78, 5) is 2.38. The highest BCUT2D eigenvalue weighted by molar-refractivity contribution is 5.82. The van der Waals surface area contributed by atoms with Crippen molar-refractivity contribution in [3.8, 4) is 0 Å². The summed E-state index contributed by atoms with van der Waals surface area (Å²) in [5, 5.41) is 8.06. The maximum Gasteiger partial charge on any atom is 0.127 e. The largest absolute Gasteiger partial charge is 0.359 e. The summed E-state index contributed by atoms with van der Waals surface area (Å²) < 4.78 is 0. The molecule has 0 unspecified atom stereocenters. The quantitative estimate of drug-likeness (QED) is 0.361. The van der Waals surface area contributed by atoms with Crippen molar-refractivity contribution < 1.29 is 0 Å². The minimum atomic E-state index is 0.911. The lowest BCUT2D eigenvalue weighted by Gasteiger charge is -2.26. The van der Waals surface area contributed by atoms with Gasteiger partial charge in [0.2, 0.25) is 0 Å². The van der Waals surface area contributed by atoms with Crippen molar-refractivity contribution in [1.29, 1.82) is 0 Å². The molecule has 0 amide bonds. The number of hydrogen-bond acceptors (Lipinski definition) is 2. The minimum Gasteiger partial charge on any atom is -0.359 e. The zero-order chi connectivity index (χ0) is 13.9. The molecule has 0 atom stereocenters. The highest BCUT2D eigenvalue weighted by Gasteiger charge is 2.16. The van der Waals surface area contributed by atoms with Gasteiger partial charge in [-0.1, -0.05) is 45.4 Å². The molecule has 0 aromatic rings. The van der Waals surface area contributed by atoms with Gasteiger partial charge >= 0.3 is 0 Å². The molecule has 110 valence electrons. The third-order valence-corrected chi connectivity index (χ3v) is 4.22. The van der Waals surface area contributed by atoms with Crippen LogP contribution in [0.4, 0.5) is 0 Å². The Kier molecular flexibility index (Phi) is 8.52. The summed E-state index contributed by atoms with van der Waals surface area (Å²) in [6.07, 6.45) is 11.9. The third kappa shape index (κ3) is 6.22. The highest BCUT2D eigenvalue weighted by Crippen LogP contribution is 2.27. The average Bonchev–Trinajstić information content (AvgIpc) is 2.46. The number of unbranched alkanes of at least 4 members (excludes halogenated alkanes) is 1. The smallest absolute Gasteiger partial charge is 0.127 e. The van der Waals surface area contributed by atoms with Crippen LogP contribution in [-0.4, -0.2) is 30.5 Å². The molecule has 0 radical (unpaired) electrons. The molecule has 3 heteroatoms. The monoisotopic (exact) mass is 265 g/mol. The molecule has 0 heterocycles. The lowest BCUT2D eigenvalue weighted by Crippen LogP contribution is -2.32. The predicted octanol–water partition coefficient (Wildman–Crippen LogP) is 4.48. The Bertz CT molecular complexity index is 267. The molecule has 19 heavy (non-hydrogen) atoms. The predicted molar refractivity (Wildman–Crippen MR) is 84.9 cm³/mol. The van der Waals surface area contributed by atoms with E-state index in [-0.39, 0.29) is 0 Å². The first-order valence-electron chi connectivity index (χ1n) is 8.09. The van der Waals surface area contributed by atoms with Gasteiger partial charge in [0.15, 0.2) is 0 Å². The molecule has 1 fully saturated rings. The fourth-order valence-electron chi connectivity index (χ4n) is 2.98. The Morgan fingerprint density at radius 2 is 1.95 bits per heavy atom. The Morgan fingerprint density at radius 3 is 2.53 bits per heavy atom. The second kappa shape index (κ2) is 9.99. The van der Waals surface area contributed by atoms with Crippen LogP contribution in [-0.2, 0) is 0 Å². The zero-order valence-corrected chi connectivity index (χ0v) is 12.9. The van der Waals surface area contributed by atoms with Gasteiger partial charge < -0.3 is 4.90 Å². The fraction of sp³-hybridized carbons (Fsp3) is 0.875. The molecule has 3 nitrogen and oxygen atoms in total. The van der Waals surface area contributed by atoms with Gasteiger partial charge in [0.1, 0.15) is 5.84 Å². The van der Waals surface area contributed by atoms with Gasteiger partial charge in [-0.15, -0.1) is 5.10 Å². The summed E-state index contributed by atoms with van der Waals surface area (Å²) in [5.41, 5.74) is 0. The Hall–Kier alpha value is -0.860. The Labute approximate surface area is 119 Å². The molecule has 0 aliphatic heterocycles. The van der Waals surface area contributed by atoms with Crippen LogP contribution in [0.15, 0.2) is 10.2 Å². The van der Waals surface area contributed by atoms with E-state index in [1.54, 1.807) is 0 Å². The van der Waals surface area contributed by atoms with Crippen molar-refractivity contribution in [3.63, 3.8) is 0 Å². The average molecular weight is 265 g/mol. The zero-order valence-electron chi connectivity index (χ0n) is 12.9. The van der Waals surface area contributed by atoms with E-state index in [1.807, 2.05) is 0 Å². The van der Waals surface area contributed by atoms with Crippen LogP contribution in [0.25, 0.3) is 0 Å². The van der Waals surface area contributed by atoms with Gasteiger partial charge in [-0.05, 0) is 25.7 Å². The molecule has 0 bridgehead atoms. The van der Waals surface area contributed by atoms with Gasteiger partial charge in [0.05, 0.1) is 0 Å². The minimum absolute atomic E-state index is 0.911. The Morgan fingerprint density at radius 1 is 1.21 bits per heavy atom. The Balaban J connectivity index is 2.45. The molecule has 1 aliphatic carbocycles. The first-order chi connectivity index (χ1) is 9.31. The molecular weight excluding hydrogens is 234 g/mol. The van der Waals surface area contributed by atoms with Gasteiger partial charge in [0.25, 0.3) is 0 Å². The van der Waals surface area contributed by atoms with E-state index in [1.165, 1.54) is 51.4 Å². The topological polar surface area (TPSA) is 28.0 Å². The van der Waals surface area contributed by atoms with Crippen LogP contribution in [0.3, 0.4) is 0 Å². The third-order valence-electron chi connectivity index (χ3n) is 4.22. The van der Waals surface area contributed by atoms with Crippen LogP contribution >= 0.6 is 0 Å². The van der Waals surface area contributed by atoms with Gasteiger partial charge in [-0.2, -0.15) is 5.10 Å². The summed E-state index contributed by atoms with van der Waals surface area (Å²) in [5.74, 6) is 2.06. The van der Waals surface area contributed by atoms with E-state index in [0.717, 1.165) is 31.3 Å². The number of rotatable bonds is 8. The van der Waals surface area contributed by atoms with Crippen LogP contribution in [0.1, 0.15) is 71.6 Å². The first kappa shape index (κ1) is 16.2. The number of nitrogens with zero attached hydrogens (tertiary/aromatic N) is 3. The lowest BCUT2D eigenvalue weighted by molar-refractivity contribution is 0.335. The highest BCUT2D eigenvalue weighted by atomic mass is 15.3. The van der Waals surface area contributed by atoms with Gasteiger partial charge in [-0.25, -0.2) is 0 Å². The molecule has 0 aromatic carbocycles.